The van der Waals surface area contributed by atoms with Crippen LogP contribution in [0.3, 0.4) is 0 Å². The van der Waals surface area contributed by atoms with Crippen LogP contribution in [0.15, 0.2) is 72.0 Å². The monoisotopic (exact) mass is 409 g/mol. The third-order valence-electron chi connectivity index (χ3n) is 5.83. The summed E-state index contributed by atoms with van der Waals surface area (Å²) in [6.07, 6.45) is 13.1. The van der Waals surface area contributed by atoms with Gasteiger partial charge in [0.25, 0.3) is 0 Å². The topological polar surface area (TPSA) is 58.4 Å². The van der Waals surface area contributed by atoms with Gasteiger partial charge in [0.05, 0.1) is 0 Å². The first kappa shape index (κ1) is 21.9. The van der Waals surface area contributed by atoms with E-state index in [4.69, 9.17) is 5.73 Å². The first-order valence-electron chi connectivity index (χ1n) is 10.7. The number of rotatable bonds is 9. The minimum absolute atomic E-state index is 0.0774. The Morgan fingerprint density at radius 1 is 1.23 bits per heavy atom. The van der Waals surface area contributed by atoms with E-state index in [9.17, 15) is 9.18 Å². The Morgan fingerprint density at radius 3 is 2.67 bits per heavy atom. The van der Waals surface area contributed by atoms with Crippen LogP contribution in [0.2, 0.25) is 0 Å². The van der Waals surface area contributed by atoms with E-state index in [1.807, 2.05) is 43.4 Å². The van der Waals surface area contributed by atoms with Gasteiger partial charge in [-0.2, -0.15) is 0 Å². The van der Waals surface area contributed by atoms with Crippen molar-refractivity contribution >= 4 is 11.6 Å². The lowest BCUT2D eigenvalue weighted by molar-refractivity contribution is -0.116. The van der Waals surface area contributed by atoms with Crippen molar-refractivity contribution < 1.29 is 9.18 Å². The molecule has 0 aromatic heterocycles. The molecule has 2 atom stereocenters. The summed E-state index contributed by atoms with van der Waals surface area (Å²) >= 11 is 0. The number of hydrogen-bond acceptors (Lipinski definition) is 3. The summed E-state index contributed by atoms with van der Waals surface area (Å²) in [7, 11) is 0. The Bertz CT molecular complexity index is 855. The SMILES string of the molecule is CC/C=C/C(/C=C/C(=O)NCCC1C2CN(c3cccc(F)c3)CC12)=C\C=C(/C)N. The fourth-order valence-corrected chi connectivity index (χ4v) is 4.20. The first-order valence-corrected chi connectivity index (χ1v) is 10.7. The summed E-state index contributed by atoms with van der Waals surface area (Å²) in [5.41, 5.74) is 8.31. The van der Waals surface area contributed by atoms with Crippen molar-refractivity contribution in [3.05, 3.63) is 77.8 Å². The van der Waals surface area contributed by atoms with Crippen LogP contribution < -0.4 is 16.0 Å². The number of allylic oxidation sites excluding steroid dienone is 7. The maximum absolute atomic E-state index is 13.4. The Kier molecular flexibility index (Phi) is 7.50. The molecule has 30 heavy (non-hydrogen) atoms. The molecule has 160 valence electrons. The Balaban J connectivity index is 1.40. The molecule has 1 saturated carbocycles. The van der Waals surface area contributed by atoms with E-state index < -0.39 is 0 Å². The highest BCUT2D eigenvalue weighted by Gasteiger charge is 2.54. The molecule has 1 aromatic rings. The second-order valence-electron chi connectivity index (χ2n) is 8.18. The highest BCUT2D eigenvalue weighted by molar-refractivity contribution is 5.88. The second kappa shape index (κ2) is 10.3. The molecule has 1 aromatic carbocycles. The lowest BCUT2D eigenvalue weighted by atomic mass is 10.1. The number of benzene rings is 1. The van der Waals surface area contributed by atoms with Crippen molar-refractivity contribution in [2.75, 3.05) is 24.5 Å². The number of carbonyl (C=O) groups is 1. The zero-order valence-corrected chi connectivity index (χ0v) is 17.9. The lowest BCUT2D eigenvalue weighted by Crippen LogP contribution is -2.26. The van der Waals surface area contributed by atoms with Crippen LogP contribution in [0.1, 0.15) is 26.7 Å². The number of piperidine rings is 1. The molecule has 3 rings (SSSR count). The predicted octanol–water partition coefficient (Wildman–Crippen LogP) is 4.33. The molecule has 1 amide bonds. The molecule has 0 bridgehead atoms. The maximum Gasteiger partial charge on any atom is 0.243 e. The van der Waals surface area contributed by atoms with Gasteiger partial charge in [0.1, 0.15) is 5.82 Å². The minimum atomic E-state index is -0.183. The van der Waals surface area contributed by atoms with E-state index in [1.165, 1.54) is 6.07 Å². The van der Waals surface area contributed by atoms with E-state index in [2.05, 4.69) is 17.1 Å². The van der Waals surface area contributed by atoms with Crippen LogP contribution in [0.5, 0.6) is 0 Å². The van der Waals surface area contributed by atoms with Gasteiger partial charge >= 0.3 is 0 Å². The van der Waals surface area contributed by atoms with Gasteiger partial charge in [-0.3, -0.25) is 4.79 Å². The zero-order valence-electron chi connectivity index (χ0n) is 17.9. The number of hydrogen-bond donors (Lipinski definition) is 2. The van der Waals surface area contributed by atoms with E-state index in [0.29, 0.717) is 24.3 Å². The predicted molar refractivity (Wildman–Crippen MR) is 121 cm³/mol. The molecule has 0 radical (unpaired) electrons. The third kappa shape index (κ3) is 6.09. The van der Waals surface area contributed by atoms with Crippen LogP contribution in [0.25, 0.3) is 0 Å². The molecule has 2 fully saturated rings. The average molecular weight is 410 g/mol. The Labute approximate surface area is 179 Å². The molecule has 2 aliphatic rings. The average Bonchev–Trinajstić information content (AvgIpc) is 3.16. The van der Waals surface area contributed by atoms with Gasteiger partial charge in [-0.15, -0.1) is 0 Å². The fraction of sp³-hybridized carbons (Fsp3) is 0.400. The summed E-state index contributed by atoms with van der Waals surface area (Å²) in [5, 5.41) is 2.99. The number of amides is 1. The van der Waals surface area contributed by atoms with Crippen LogP contribution in [0, 0.1) is 23.6 Å². The normalized spacial score (nSPS) is 24.0. The summed E-state index contributed by atoms with van der Waals surface area (Å²) in [6.45, 7) is 6.56. The Hall–Kier alpha value is -2.82. The lowest BCUT2D eigenvalue weighted by Gasteiger charge is -2.22. The molecule has 2 unspecified atom stereocenters. The smallest absolute Gasteiger partial charge is 0.243 e. The molecule has 3 N–H and O–H groups in total. The molecule has 0 spiro atoms. The molecule has 1 heterocycles. The zero-order chi connectivity index (χ0) is 21.5. The van der Waals surface area contributed by atoms with Gasteiger partial charge in [-0.05, 0) is 73.4 Å². The van der Waals surface area contributed by atoms with Gasteiger partial charge in [0.15, 0.2) is 0 Å². The van der Waals surface area contributed by atoms with Crippen LogP contribution in [-0.4, -0.2) is 25.5 Å². The number of fused-ring (bicyclic) bond motifs is 1. The number of nitrogens with zero attached hydrogens (tertiary/aromatic N) is 1. The van der Waals surface area contributed by atoms with Crippen molar-refractivity contribution in [2.45, 2.75) is 26.7 Å². The molecule has 4 nitrogen and oxygen atoms in total. The highest BCUT2D eigenvalue weighted by Crippen LogP contribution is 2.54. The van der Waals surface area contributed by atoms with Crippen LogP contribution >= 0.6 is 0 Å². The quantitative estimate of drug-likeness (QED) is 0.472. The summed E-state index contributed by atoms with van der Waals surface area (Å²) in [4.78, 5) is 14.4. The van der Waals surface area contributed by atoms with Crippen molar-refractivity contribution in [1.82, 2.24) is 5.32 Å². The molecule has 1 aliphatic heterocycles. The Morgan fingerprint density at radius 2 is 2.00 bits per heavy atom. The van der Waals surface area contributed by atoms with Gasteiger partial charge in [0.2, 0.25) is 5.91 Å². The van der Waals surface area contributed by atoms with Gasteiger partial charge in [-0.1, -0.05) is 31.2 Å². The summed E-state index contributed by atoms with van der Waals surface area (Å²) < 4.78 is 13.4. The minimum Gasteiger partial charge on any atom is -0.402 e. The van der Waals surface area contributed by atoms with E-state index in [1.54, 1.807) is 18.2 Å². The number of anilines is 1. The highest BCUT2D eigenvalue weighted by atomic mass is 19.1. The molecule has 1 aliphatic carbocycles. The number of nitrogens with one attached hydrogen (secondary N) is 1. The van der Waals surface area contributed by atoms with E-state index in [0.717, 1.165) is 42.9 Å². The molecular formula is C25H32FN3O. The van der Waals surface area contributed by atoms with Gasteiger partial charge in [0, 0.05) is 37.1 Å². The standard InChI is InChI=1S/C25H32FN3O/c1-3-4-6-19(10-9-18(2)27)11-12-25(30)28-14-13-22-23-16-29(17-24(22)23)21-8-5-7-20(26)15-21/h4-12,15,22-24H,3,13-14,16-17,27H2,1-2H3,(H,28,30)/b6-4+,12-11+,18-9+,19-10+. The number of halogens is 1. The van der Waals surface area contributed by atoms with E-state index >= 15 is 0 Å². The van der Waals surface area contributed by atoms with Crippen LogP contribution in [-0.2, 0) is 4.79 Å². The third-order valence-corrected chi connectivity index (χ3v) is 5.83. The van der Waals surface area contributed by atoms with Crippen LogP contribution in [0.4, 0.5) is 10.1 Å². The fourth-order valence-electron chi connectivity index (χ4n) is 4.20. The molecule has 1 saturated heterocycles. The van der Waals surface area contributed by atoms with Crippen molar-refractivity contribution in [1.29, 1.82) is 0 Å². The first-order chi connectivity index (χ1) is 14.5. The van der Waals surface area contributed by atoms with Crippen molar-refractivity contribution in [3.8, 4) is 0 Å². The maximum atomic E-state index is 13.4. The van der Waals surface area contributed by atoms with Gasteiger partial charge < -0.3 is 16.0 Å². The summed E-state index contributed by atoms with van der Waals surface area (Å²) in [6, 6.07) is 6.82. The largest absolute Gasteiger partial charge is 0.402 e. The number of nitrogens with two attached hydrogens (primary N) is 1. The summed E-state index contributed by atoms with van der Waals surface area (Å²) in [5.74, 6) is 1.74. The number of carbonyl (C=O) groups excluding carboxylic acids is 1. The second-order valence-corrected chi connectivity index (χ2v) is 8.18. The molecular weight excluding hydrogens is 377 g/mol. The molecule has 5 heteroatoms. The van der Waals surface area contributed by atoms with Crippen molar-refractivity contribution in [3.63, 3.8) is 0 Å². The van der Waals surface area contributed by atoms with Gasteiger partial charge in [-0.25, -0.2) is 4.39 Å². The van der Waals surface area contributed by atoms with E-state index in [-0.39, 0.29) is 11.7 Å². The van der Waals surface area contributed by atoms with Crippen molar-refractivity contribution in [2.24, 2.45) is 23.5 Å².